The first-order chi connectivity index (χ1) is 7.13. The number of nitrogens with zero attached hydrogens (tertiary/aromatic N) is 3. The molecule has 0 radical (unpaired) electrons. The van der Waals surface area contributed by atoms with Crippen LogP contribution in [0, 0.1) is 6.92 Å². The summed E-state index contributed by atoms with van der Waals surface area (Å²) in [4.78, 5) is 17.2. The third-order valence-electron chi connectivity index (χ3n) is 1.80. The van der Waals surface area contributed by atoms with E-state index in [2.05, 4.69) is 9.36 Å². The van der Waals surface area contributed by atoms with Crippen LogP contribution in [0.25, 0.3) is 0 Å². The summed E-state index contributed by atoms with van der Waals surface area (Å²) >= 11 is 1.34. The Bertz CT molecular complexity index is 327. The zero-order valence-corrected chi connectivity index (χ0v) is 10.0. The highest BCUT2D eigenvalue weighted by Crippen LogP contribution is 2.15. The van der Waals surface area contributed by atoms with E-state index in [-0.39, 0.29) is 5.97 Å². The molecular formula is C9H15N3O2S. The standard InChI is InChI=1S/C9H15N3O2S/c1-4-14-8(13)5-6-12(3)9-10-7(2)11-15-9/h4-6H2,1-3H3. The topological polar surface area (TPSA) is 55.3 Å². The van der Waals surface area contributed by atoms with E-state index < -0.39 is 0 Å². The summed E-state index contributed by atoms with van der Waals surface area (Å²) in [5, 5.41) is 0.830. The maximum Gasteiger partial charge on any atom is 0.307 e. The van der Waals surface area contributed by atoms with Gasteiger partial charge in [0.15, 0.2) is 0 Å². The molecule has 0 saturated carbocycles. The largest absolute Gasteiger partial charge is 0.466 e. The molecular weight excluding hydrogens is 214 g/mol. The van der Waals surface area contributed by atoms with E-state index in [1.807, 2.05) is 18.9 Å². The lowest BCUT2D eigenvalue weighted by Gasteiger charge is -2.13. The molecule has 0 aliphatic heterocycles. The fourth-order valence-electron chi connectivity index (χ4n) is 1.03. The van der Waals surface area contributed by atoms with E-state index in [1.165, 1.54) is 11.5 Å². The van der Waals surface area contributed by atoms with Gasteiger partial charge >= 0.3 is 5.97 Å². The number of rotatable bonds is 5. The fraction of sp³-hybridized carbons (Fsp3) is 0.667. The van der Waals surface area contributed by atoms with Crippen molar-refractivity contribution in [2.24, 2.45) is 0 Å². The molecule has 0 aliphatic carbocycles. The molecule has 0 aromatic carbocycles. The van der Waals surface area contributed by atoms with Crippen LogP contribution in [0.2, 0.25) is 0 Å². The predicted molar refractivity (Wildman–Crippen MR) is 59.2 cm³/mol. The molecule has 0 spiro atoms. The van der Waals surface area contributed by atoms with Crippen LogP contribution < -0.4 is 4.90 Å². The van der Waals surface area contributed by atoms with E-state index in [4.69, 9.17) is 4.74 Å². The molecule has 1 heterocycles. The van der Waals surface area contributed by atoms with Gasteiger partial charge < -0.3 is 9.64 Å². The minimum Gasteiger partial charge on any atom is -0.466 e. The molecule has 1 rings (SSSR count). The zero-order chi connectivity index (χ0) is 11.3. The Kier molecular flexibility index (Phi) is 4.48. The molecule has 0 bridgehead atoms. The van der Waals surface area contributed by atoms with Gasteiger partial charge in [0, 0.05) is 25.1 Å². The van der Waals surface area contributed by atoms with E-state index in [0.29, 0.717) is 19.6 Å². The summed E-state index contributed by atoms with van der Waals surface area (Å²) in [6.07, 6.45) is 0.378. The van der Waals surface area contributed by atoms with Crippen LogP contribution in [0.5, 0.6) is 0 Å². The quantitative estimate of drug-likeness (QED) is 0.711. The van der Waals surface area contributed by atoms with Crippen LogP contribution in [0.1, 0.15) is 19.2 Å². The van der Waals surface area contributed by atoms with E-state index >= 15 is 0 Å². The average Bonchev–Trinajstić information content (AvgIpc) is 2.62. The van der Waals surface area contributed by atoms with Crippen molar-refractivity contribution >= 4 is 22.6 Å². The van der Waals surface area contributed by atoms with Gasteiger partial charge in [0.1, 0.15) is 5.82 Å². The SMILES string of the molecule is CCOC(=O)CCN(C)c1nc(C)ns1. The van der Waals surface area contributed by atoms with Crippen molar-refractivity contribution in [3.05, 3.63) is 5.82 Å². The molecule has 0 atom stereocenters. The molecule has 1 aromatic rings. The molecule has 1 aromatic heterocycles. The van der Waals surface area contributed by atoms with Crippen LogP contribution in [-0.2, 0) is 9.53 Å². The Balaban J connectivity index is 2.36. The summed E-state index contributed by atoms with van der Waals surface area (Å²) in [5.74, 6) is 0.587. The van der Waals surface area contributed by atoms with Gasteiger partial charge in [-0.3, -0.25) is 4.79 Å². The first-order valence-corrected chi connectivity index (χ1v) is 5.58. The third-order valence-corrected chi connectivity index (χ3v) is 2.72. The molecule has 15 heavy (non-hydrogen) atoms. The number of aromatic nitrogens is 2. The monoisotopic (exact) mass is 229 g/mol. The maximum atomic E-state index is 11.1. The van der Waals surface area contributed by atoms with Crippen molar-refractivity contribution in [3.63, 3.8) is 0 Å². The fourth-order valence-corrected chi connectivity index (χ4v) is 1.69. The van der Waals surface area contributed by atoms with Gasteiger partial charge in [0.25, 0.3) is 0 Å². The minimum absolute atomic E-state index is 0.175. The Labute approximate surface area is 93.2 Å². The summed E-state index contributed by atoms with van der Waals surface area (Å²) < 4.78 is 8.91. The lowest BCUT2D eigenvalue weighted by atomic mass is 10.4. The number of carbonyl (C=O) groups excluding carboxylic acids is 1. The van der Waals surface area contributed by atoms with Gasteiger partial charge in [-0.25, -0.2) is 4.98 Å². The highest BCUT2D eigenvalue weighted by atomic mass is 32.1. The van der Waals surface area contributed by atoms with Crippen LogP contribution in [-0.4, -0.2) is 35.5 Å². The van der Waals surface area contributed by atoms with Gasteiger partial charge in [-0.05, 0) is 13.8 Å². The molecule has 0 unspecified atom stereocenters. The highest BCUT2D eigenvalue weighted by molar-refractivity contribution is 7.09. The average molecular weight is 229 g/mol. The zero-order valence-electron chi connectivity index (χ0n) is 9.19. The van der Waals surface area contributed by atoms with Gasteiger partial charge in [-0.2, -0.15) is 4.37 Å². The van der Waals surface area contributed by atoms with E-state index in [1.54, 1.807) is 6.92 Å². The first-order valence-electron chi connectivity index (χ1n) is 4.80. The van der Waals surface area contributed by atoms with Crippen LogP contribution >= 0.6 is 11.5 Å². The molecule has 0 fully saturated rings. The van der Waals surface area contributed by atoms with E-state index in [9.17, 15) is 4.79 Å². The number of carbonyl (C=O) groups is 1. The van der Waals surface area contributed by atoms with Crippen LogP contribution in [0.4, 0.5) is 5.13 Å². The van der Waals surface area contributed by atoms with Gasteiger partial charge in [-0.15, -0.1) is 0 Å². The summed E-state index contributed by atoms with van der Waals surface area (Å²) in [7, 11) is 1.89. The Morgan fingerprint density at radius 2 is 2.33 bits per heavy atom. The van der Waals surface area contributed by atoms with Gasteiger partial charge in [-0.1, -0.05) is 0 Å². The van der Waals surface area contributed by atoms with Gasteiger partial charge in [0.05, 0.1) is 13.0 Å². The second-order valence-corrected chi connectivity index (χ2v) is 3.83. The van der Waals surface area contributed by atoms with Crippen LogP contribution in [0.3, 0.4) is 0 Å². The molecule has 84 valence electrons. The molecule has 0 N–H and O–H groups in total. The molecule has 0 amide bonds. The van der Waals surface area contributed by atoms with Crippen LogP contribution in [0.15, 0.2) is 0 Å². The molecule has 0 saturated heterocycles. The van der Waals surface area contributed by atoms with Gasteiger partial charge in [0.2, 0.25) is 5.13 Å². The van der Waals surface area contributed by atoms with E-state index in [0.717, 1.165) is 11.0 Å². The minimum atomic E-state index is -0.175. The molecule has 0 aliphatic rings. The van der Waals surface area contributed by atoms with Crippen molar-refractivity contribution in [2.45, 2.75) is 20.3 Å². The van der Waals surface area contributed by atoms with Crippen molar-refractivity contribution in [1.29, 1.82) is 0 Å². The Morgan fingerprint density at radius 1 is 1.60 bits per heavy atom. The number of aryl methyl sites for hydroxylation is 1. The normalized spacial score (nSPS) is 10.1. The Hall–Kier alpha value is -1.17. The number of hydrogen-bond donors (Lipinski definition) is 0. The maximum absolute atomic E-state index is 11.1. The second kappa shape index (κ2) is 5.65. The second-order valence-electron chi connectivity index (χ2n) is 3.10. The molecule has 5 nitrogen and oxygen atoms in total. The number of ether oxygens (including phenoxy) is 1. The van der Waals surface area contributed by atoms with Crippen molar-refractivity contribution in [1.82, 2.24) is 9.36 Å². The lowest BCUT2D eigenvalue weighted by molar-refractivity contribution is -0.142. The first kappa shape index (κ1) is 11.9. The predicted octanol–water partition coefficient (Wildman–Crippen LogP) is 1.24. The number of hydrogen-bond acceptors (Lipinski definition) is 6. The summed E-state index contributed by atoms with van der Waals surface area (Å²) in [6.45, 7) is 4.68. The molecule has 6 heteroatoms. The van der Waals surface area contributed by atoms with Crippen molar-refractivity contribution in [3.8, 4) is 0 Å². The Morgan fingerprint density at radius 3 is 2.87 bits per heavy atom. The number of anilines is 1. The van der Waals surface area contributed by atoms with Crippen molar-refractivity contribution < 1.29 is 9.53 Å². The lowest BCUT2D eigenvalue weighted by Crippen LogP contribution is -2.21. The third kappa shape index (κ3) is 3.83. The summed E-state index contributed by atoms with van der Waals surface area (Å²) in [6, 6.07) is 0. The smallest absolute Gasteiger partial charge is 0.307 e. The van der Waals surface area contributed by atoms with Crippen molar-refractivity contribution in [2.75, 3.05) is 25.1 Å². The number of esters is 1. The highest BCUT2D eigenvalue weighted by Gasteiger charge is 2.09. The summed E-state index contributed by atoms with van der Waals surface area (Å²) in [5.41, 5.74) is 0.